The Morgan fingerprint density at radius 2 is 1.78 bits per heavy atom. The minimum absolute atomic E-state index is 0.0326. The molecule has 7 N–H and O–H groups in total. The summed E-state index contributed by atoms with van der Waals surface area (Å²) in [7, 11) is 0. The molecule has 0 spiro atoms. The summed E-state index contributed by atoms with van der Waals surface area (Å²) in [6.07, 6.45) is 2.37. The number of aliphatic hydroxyl groups excluding tert-OH is 2. The molecule has 0 bridgehead atoms. The van der Waals surface area contributed by atoms with Gasteiger partial charge in [-0.15, -0.1) is 0 Å². The summed E-state index contributed by atoms with van der Waals surface area (Å²) < 4.78 is 15.4. The highest BCUT2D eigenvalue weighted by Gasteiger charge is 2.65. The van der Waals surface area contributed by atoms with Gasteiger partial charge in [-0.1, -0.05) is 0 Å². The fourth-order valence-electron chi connectivity index (χ4n) is 7.14. The van der Waals surface area contributed by atoms with E-state index in [1.165, 1.54) is 0 Å². The van der Waals surface area contributed by atoms with Gasteiger partial charge in [0.25, 0.3) is 5.91 Å². The van der Waals surface area contributed by atoms with Crippen LogP contribution in [0.5, 0.6) is 5.75 Å². The number of aliphatic hydroxyl groups is 3. The van der Waals surface area contributed by atoms with Gasteiger partial charge in [0, 0.05) is 36.2 Å². The van der Waals surface area contributed by atoms with Crippen LogP contribution in [0.4, 0.5) is 10.1 Å². The van der Waals surface area contributed by atoms with E-state index in [2.05, 4.69) is 5.32 Å². The molecule has 2 amide bonds. The first-order valence-corrected chi connectivity index (χ1v) is 13.7. The normalized spacial score (nSPS) is 30.0. The topological polar surface area (TPSA) is 194 Å². The second-order valence-corrected chi connectivity index (χ2v) is 11.5. The van der Waals surface area contributed by atoms with E-state index in [0.29, 0.717) is 13.1 Å². The third-order valence-electron chi connectivity index (χ3n) is 9.23. The number of hydrogen-bond donors (Lipinski definition) is 6. The minimum atomic E-state index is -2.76. The number of fused-ring (bicyclic) bond motifs is 3. The van der Waals surface area contributed by atoms with E-state index in [1.807, 2.05) is 4.90 Å². The van der Waals surface area contributed by atoms with E-state index in [4.69, 9.17) is 5.73 Å². The second kappa shape index (κ2) is 9.64. The number of anilines is 1. The van der Waals surface area contributed by atoms with Crippen LogP contribution in [0.1, 0.15) is 36.8 Å². The summed E-state index contributed by atoms with van der Waals surface area (Å²) in [5.74, 6) is -9.31. The van der Waals surface area contributed by atoms with Gasteiger partial charge in [0.05, 0.1) is 23.8 Å². The van der Waals surface area contributed by atoms with E-state index >= 15 is 4.39 Å². The zero-order valence-corrected chi connectivity index (χ0v) is 22.2. The number of amides is 2. The van der Waals surface area contributed by atoms with Crippen LogP contribution in [0.2, 0.25) is 0 Å². The first kappa shape index (κ1) is 27.4. The van der Waals surface area contributed by atoms with E-state index in [1.54, 1.807) is 4.90 Å². The SMILES string of the molecule is NC(=O)C1=C(O)[C@@]2(O)C(=O)C3=C(O)c4c(O)c(NC(=O)CN5CCCC5)cc(F)c4C[C@H]3C[C@H]2[C@H](N2CCC2)C1=O. The number of aromatic hydroxyl groups is 1. The molecule has 13 heteroatoms. The molecule has 2 heterocycles. The first-order valence-electron chi connectivity index (χ1n) is 13.7. The average molecular weight is 571 g/mol. The quantitative estimate of drug-likeness (QED) is 0.212. The lowest BCUT2D eigenvalue weighted by Crippen LogP contribution is -2.68. The molecular formula is C28H31FN4O8. The van der Waals surface area contributed by atoms with Crippen molar-refractivity contribution in [2.75, 3.05) is 38.0 Å². The zero-order valence-electron chi connectivity index (χ0n) is 22.2. The molecule has 218 valence electrons. The lowest BCUT2D eigenvalue weighted by molar-refractivity contribution is -0.157. The van der Waals surface area contributed by atoms with Gasteiger partial charge >= 0.3 is 0 Å². The van der Waals surface area contributed by atoms with Crippen LogP contribution in [0, 0.1) is 17.7 Å². The highest BCUT2D eigenvalue weighted by molar-refractivity contribution is 6.24. The summed E-state index contributed by atoms with van der Waals surface area (Å²) >= 11 is 0. The third kappa shape index (κ3) is 3.97. The van der Waals surface area contributed by atoms with Gasteiger partial charge < -0.3 is 31.5 Å². The number of Topliss-reactive ketones (excluding diaryl/α,β-unsaturated/α-hetero) is 2. The molecule has 3 fully saturated rings. The number of phenols is 1. The predicted octanol–water partition coefficient (Wildman–Crippen LogP) is 0.282. The Hall–Kier alpha value is -3.81. The summed E-state index contributed by atoms with van der Waals surface area (Å²) in [5.41, 5.74) is 0.563. The second-order valence-electron chi connectivity index (χ2n) is 11.5. The van der Waals surface area contributed by atoms with Crippen molar-refractivity contribution in [2.24, 2.45) is 17.6 Å². The lowest BCUT2D eigenvalue weighted by Gasteiger charge is -2.52. The molecule has 1 aromatic carbocycles. The average Bonchev–Trinajstić information content (AvgIpc) is 3.38. The van der Waals surface area contributed by atoms with E-state index in [9.17, 15) is 39.6 Å². The molecule has 0 radical (unpaired) electrons. The Balaban J connectivity index is 1.42. The van der Waals surface area contributed by atoms with E-state index < -0.39 is 81.1 Å². The number of primary amides is 1. The number of nitrogens with zero attached hydrogens (tertiary/aromatic N) is 2. The Morgan fingerprint density at radius 3 is 2.39 bits per heavy atom. The number of phenolic OH excluding ortho intramolecular Hbond substituents is 1. The molecule has 0 unspecified atom stereocenters. The van der Waals surface area contributed by atoms with Crippen molar-refractivity contribution in [3.05, 3.63) is 39.9 Å². The maximum absolute atomic E-state index is 15.4. The van der Waals surface area contributed by atoms with Crippen molar-refractivity contribution in [1.82, 2.24) is 9.80 Å². The van der Waals surface area contributed by atoms with Crippen LogP contribution in [0.25, 0.3) is 5.76 Å². The molecule has 12 nitrogen and oxygen atoms in total. The van der Waals surface area contributed by atoms with E-state index in [-0.39, 0.29) is 36.2 Å². The molecule has 3 aliphatic carbocycles. The first-order chi connectivity index (χ1) is 19.4. The molecule has 1 saturated carbocycles. The molecule has 0 aromatic heterocycles. The van der Waals surface area contributed by atoms with Crippen molar-refractivity contribution in [3.8, 4) is 5.75 Å². The Kier molecular flexibility index (Phi) is 6.43. The van der Waals surface area contributed by atoms with Gasteiger partial charge in [0.1, 0.15) is 22.9 Å². The summed E-state index contributed by atoms with van der Waals surface area (Å²) in [6, 6.07) is -0.177. The Morgan fingerprint density at radius 1 is 1.10 bits per heavy atom. The number of nitrogens with one attached hydrogen (secondary N) is 1. The van der Waals surface area contributed by atoms with Gasteiger partial charge in [-0.2, -0.15) is 0 Å². The fraction of sp³-hybridized carbons (Fsp3) is 0.500. The van der Waals surface area contributed by atoms with Crippen LogP contribution in [-0.4, -0.2) is 98.0 Å². The summed E-state index contributed by atoms with van der Waals surface area (Å²) in [6.45, 7) is 2.42. The summed E-state index contributed by atoms with van der Waals surface area (Å²) in [4.78, 5) is 55.6. The number of rotatable bonds is 5. The van der Waals surface area contributed by atoms with E-state index in [0.717, 1.165) is 38.4 Å². The van der Waals surface area contributed by atoms with Gasteiger partial charge in [-0.25, -0.2) is 4.39 Å². The fourth-order valence-corrected chi connectivity index (χ4v) is 7.14. The van der Waals surface area contributed by atoms with Crippen molar-refractivity contribution >= 4 is 34.8 Å². The zero-order chi connectivity index (χ0) is 29.4. The number of nitrogens with two attached hydrogens (primary N) is 1. The van der Waals surface area contributed by atoms with Gasteiger partial charge in [0.15, 0.2) is 17.1 Å². The molecule has 2 aliphatic heterocycles. The summed E-state index contributed by atoms with van der Waals surface area (Å²) in [5, 5.41) is 47.5. The van der Waals surface area contributed by atoms with Crippen LogP contribution in [0.15, 0.2) is 23.0 Å². The van der Waals surface area contributed by atoms with Crippen LogP contribution >= 0.6 is 0 Å². The molecular weight excluding hydrogens is 539 g/mol. The third-order valence-corrected chi connectivity index (χ3v) is 9.23. The van der Waals surface area contributed by atoms with Crippen molar-refractivity contribution < 1.29 is 44.0 Å². The number of carbonyl (C=O) groups excluding carboxylic acids is 4. The highest BCUT2D eigenvalue weighted by Crippen LogP contribution is 2.54. The predicted molar refractivity (Wildman–Crippen MR) is 141 cm³/mol. The highest BCUT2D eigenvalue weighted by atomic mass is 19.1. The molecule has 41 heavy (non-hydrogen) atoms. The minimum Gasteiger partial charge on any atom is -0.508 e. The molecule has 1 aromatic rings. The van der Waals surface area contributed by atoms with Crippen LogP contribution in [0.3, 0.4) is 0 Å². The van der Waals surface area contributed by atoms with Gasteiger partial charge in [-0.3, -0.25) is 29.0 Å². The van der Waals surface area contributed by atoms with Crippen molar-refractivity contribution in [2.45, 2.75) is 43.7 Å². The number of hydrogen-bond acceptors (Lipinski definition) is 10. The Labute approximate surface area is 233 Å². The van der Waals surface area contributed by atoms with Crippen molar-refractivity contribution in [1.29, 1.82) is 0 Å². The monoisotopic (exact) mass is 570 g/mol. The standard InChI is InChI=1S/C28H31FN4O8/c29-15-10-16(31-17(34)11-32-4-1-2-5-32)22(35)19-13(15)8-12-9-14-21(33-6-3-7-33)24(37)20(27(30)40)26(39)28(14,41)25(38)18(12)23(19)36/h10,12,14,21,35-36,39,41H,1-9,11H2,(H2,30,40)(H,31,34)/t12-,14-,21-,28-/m0/s1. The lowest BCUT2D eigenvalue weighted by atomic mass is 9.57. The van der Waals surface area contributed by atoms with Gasteiger partial charge in [-0.05, 0) is 51.1 Å². The maximum atomic E-state index is 15.4. The molecule has 5 aliphatic rings. The number of likely N-dealkylation sites (tertiary alicyclic amines) is 2. The number of carbonyl (C=O) groups is 4. The smallest absolute Gasteiger partial charge is 0.255 e. The molecule has 2 saturated heterocycles. The number of ketones is 2. The Bertz CT molecular complexity index is 1460. The van der Waals surface area contributed by atoms with Crippen LogP contribution < -0.4 is 11.1 Å². The number of benzene rings is 1. The maximum Gasteiger partial charge on any atom is 0.255 e. The van der Waals surface area contributed by atoms with Gasteiger partial charge in [0.2, 0.25) is 11.7 Å². The molecule has 6 rings (SSSR count). The van der Waals surface area contributed by atoms with Crippen LogP contribution in [-0.2, 0) is 25.6 Å². The number of halogens is 1. The van der Waals surface area contributed by atoms with Crippen molar-refractivity contribution in [3.63, 3.8) is 0 Å². The molecule has 4 atom stereocenters. The largest absolute Gasteiger partial charge is 0.508 e.